The van der Waals surface area contributed by atoms with Crippen LogP contribution in [0.1, 0.15) is 51.5 Å². The number of isothiocyanates is 1. The molecule has 0 fully saturated rings. The van der Waals surface area contributed by atoms with Gasteiger partial charge >= 0.3 is 0 Å². The third kappa shape index (κ3) is 18.5. The zero-order valence-corrected chi connectivity index (χ0v) is 50.0. The molecule has 456 valence electrons. The fourth-order valence-corrected chi connectivity index (χ4v) is 10.5. The molecule has 0 N–H and O–H groups in total. The summed E-state index contributed by atoms with van der Waals surface area (Å²) in [5, 5.41) is 19.3. The largest absolute Gasteiger partial charge is 0.491 e. The zero-order chi connectivity index (χ0) is 59.5. The molecule has 4 unspecified atom stereocenters. The number of oxime groups is 1. The van der Waals surface area contributed by atoms with Crippen LogP contribution in [0.3, 0.4) is 0 Å². The lowest BCUT2D eigenvalue weighted by Gasteiger charge is -2.35. The van der Waals surface area contributed by atoms with Crippen molar-refractivity contribution in [3.8, 4) is 5.75 Å². The first kappa shape index (κ1) is 62.5. The molecule has 1 aromatic heterocycles. The van der Waals surface area contributed by atoms with Gasteiger partial charge in [-0.25, -0.2) is 5.01 Å². The number of hydrogen-bond donors (Lipinski definition) is 0. The Hall–Kier alpha value is -7.56. The van der Waals surface area contributed by atoms with Crippen molar-refractivity contribution in [2.45, 2.75) is 30.8 Å². The molecule has 7 aromatic rings. The Morgan fingerprint density at radius 1 is 0.609 bits per heavy atom. The SMILES string of the molecule is Cn1cc(/C=N/OCCOCCOCCOCC(COCCOCCOCCOc2ccc(C3=NC3c3ccccc3)cc2)OCCOCCOCCN2Cc3ccccc3C3C(N=NN3c3ccc(N=C=S)cc3)c3ccccc32)c2ccccc21. The van der Waals surface area contributed by atoms with Gasteiger partial charge in [-0.05, 0) is 95.1 Å². The van der Waals surface area contributed by atoms with Crippen molar-refractivity contribution in [3.05, 3.63) is 191 Å². The van der Waals surface area contributed by atoms with E-state index in [1.165, 1.54) is 16.7 Å². The van der Waals surface area contributed by atoms with Crippen molar-refractivity contribution in [2.24, 2.45) is 32.5 Å². The van der Waals surface area contributed by atoms with Crippen molar-refractivity contribution in [1.29, 1.82) is 0 Å². The molecule has 0 aliphatic carbocycles. The van der Waals surface area contributed by atoms with Crippen LogP contribution in [0.5, 0.6) is 5.75 Å². The molecular formula is C67H76N8O11S. The predicted octanol–water partition coefficient (Wildman–Crippen LogP) is 11.1. The van der Waals surface area contributed by atoms with E-state index in [4.69, 9.17) is 74.8 Å². The molecule has 87 heavy (non-hydrogen) atoms. The van der Waals surface area contributed by atoms with E-state index in [9.17, 15) is 0 Å². The lowest BCUT2D eigenvalue weighted by Crippen LogP contribution is -2.33. The number of ether oxygens (including phenoxy) is 10. The number of benzene rings is 6. The normalized spacial score (nSPS) is 16.2. The minimum absolute atomic E-state index is 0.122. The molecule has 0 amide bonds. The summed E-state index contributed by atoms with van der Waals surface area (Å²) in [5.41, 5.74) is 11.9. The van der Waals surface area contributed by atoms with Crippen molar-refractivity contribution < 1.29 is 52.2 Å². The standard InChI is InChI=1S/C67H76N8O11S/c1-73-46-54(59-14-7-9-17-62(59)73)45-69-86-44-41-81-34-32-78-36-38-83-49-58(48-82-37-35-77-31-33-80-39-42-84-57-25-19-52(20-26-57)65-64(70-65)51-11-3-2-4-12-51)85-43-40-79-30-29-76-28-27-74-47-53-13-5-6-15-60(53)67-66(61-16-8-10-18-63(61)74)71-72-75(67)56-23-21-55(22-24-56)68-50-87/h2-26,45-46,58,64,66-67H,27-44,47-49H2,1H3/b69-45+. The van der Waals surface area contributed by atoms with Crippen molar-refractivity contribution in [1.82, 2.24) is 4.57 Å². The zero-order valence-electron chi connectivity index (χ0n) is 49.2. The van der Waals surface area contributed by atoms with E-state index in [1.807, 2.05) is 85.0 Å². The summed E-state index contributed by atoms with van der Waals surface area (Å²) in [7, 11) is 2.01. The van der Waals surface area contributed by atoms with Gasteiger partial charge in [0.05, 0.1) is 141 Å². The third-order valence-electron chi connectivity index (χ3n) is 14.7. The van der Waals surface area contributed by atoms with Crippen LogP contribution in [0.2, 0.25) is 0 Å². The summed E-state index contributed by atoms with van der Waals surface area (Å²) in [6, 6.07) is 51.2. The Bertz CT molecular complexity index is 3350. The smallest absolute Gasteiger partial charge is 0.140 e. The van der Waals surface area contributed by atoms with E-state index in [1.54, 1.807) is 6.21 Å². The summed E-state index contributed by atoms with van der Waals surface area (Å²) >= 11 is 4.82. The number of aliphatic imine (C=N–C) groups is 2. The third-order valence-corrected chi connectivity index (χ3v) is 14.8. The highest BCUT2D eigenvalue weighted by Gasteiger charge is 2.40. The second-order valence-electron chi connectivity index (χ2n) is 20.6. The summed E-state index contributed by atoms with van der Waals surface area (Å²) in [5.74, 6) is 0.792. The number of anilines is 2. The van der Waals surface area contributed by atoms with Crippen LogP contribution < -0.4 is 14.6 Å². The van der Waals surface area contributed by atoms with E-state index in [2.05, 4.69) is 115 Å². The average molecular weight is 1200 g/mol. The lowest BCUT2D eigenvalue weighted by atomic mass is 9.87. The van der Waals surface area contributed by atoms with E-state index in [0.717, 1.165) is 56.1 Å². The number of hydrogen-bond acceptors (Lipinski definition) is 19. The number of aromatic nitrogens is 1. The van der Waals surface area contributed by atoms with Crippen LogP contribution in [0.25, 0.3) is 10.9 Å². The quantitative estimate of drug-likeness (QED) is 0.0154. The monoisotopic (exact) mass is 1200 g/mol. The first-order valence-corrected chi connectivity index (χ1v) is 30.1. The maximum absolute atomic E-state index is 6.20. The molecule has 0 saturated carbocycles. The van der Waals surface area contributed by atoms with Crippen LogP contribution in [0, 0.1) is 0 Å². The van der Waals surface area contributed by atoms with Gasteiger partial charge in [-0.3, -0.25) is 4.99 Å². The summed E-state index contributed by atoms with van der Waals surface area (Å²) in [6.45, 7) is 9.02. The molecule has 20 heteroatoms. The molecular weight excluding hydrogens is 1120 g/mol. The molecule has 0 saturated heterocycles. The van der Waals surface area contributed by atoms with Crippen molar-refractivity contribution in [3.63, 3.8) is 0 Å². The van der Waals surface area contributed by atoms with Gasteiger partial charge in [-0.1, -0.05) is 101 Å². The Morgan fingerprint density at radius 3 is 1.94 bits per heavy atom. The first-order valence-electron chi connectivity index (χ1n) is 29.7. The minimum Gasteiger partial charge on any atom is -0.491 e. The topological polar surface area (TPSA) is 175 Å². The number of aryl methyl sites for hydroxylation is 1. The Balaban J connectivity index is 0.598. The summed E-state index contributed by atoms with van der Waals surface area (Å²) < 4.78 is 61.1. The second kappa shape index (κ2) is 34.1. The highest BCUT2D eigenvalue weighted by atomic mass is 32.1. The number of rotatable bonds is 39. The number of fused-ring (bicyclic) bond motifs is 6. The fourth-order valence-electron chi connectivity index (χ4n) is 10.4. The Labute approximate surface area is 514 Å². The summed E-state index contributed by atoms with van der Waals surface area (Å²) in [4.78, 5) is 16.6. The fraction of sp³-hybridized carbons (Fsp3) is 0.388. The number of nitrogens with zero attached hydrogens (tertiary/aromatic N) is 8. The van der Waals surface area contributed by atoms with Gasteiger partial charge in [0.1, 0.15) is 43.2 Å². The van der Waals surface area contributed by atoms with Gasteiger partial charge in [0, 0.05) is 54.1 Å². The molecule has 10 rings (SSSR count). The molecule has 3 aliphatic heterocycles. The van der Waals surface area contributed by atoms with E-state index in [-0.39, 0.29) is 24.2 Å². The molecule has 0 spiro atoms. The predicted molar refractivity (Wildman–Crippen MR) is 338 cm³/mol. The van der Waals surface area contributed by atoms with E-state index >= 15 is 0 Å². The maximum Gasteiger partial charge on any atom is 0.140 e. The van der Waals surface area contributed by atoms with Crippen LogP contribution in [0.15, 0.2) is 183 Å². The first-order chi connectivity index (χ1) is 43.1. The van der Waals surface area contributed by atoms with Crippen LogP contribution >= 0.6 is 12.2 Å². The van der Waals surface area contributed by atoms with Gasteiger partial charge in [-0.2, -0.15) is 10.1 Å². The molecule has 3 aliphatic rings. The average Bonchev–Trinajstić information content (AvgIpc) is 1.88. The Morgan fingerprint density at radius 2 is 1.22 bits per heavy atom. The van der Waals surface area contributed by atoms with Gasteiger partial charge < -0.3 is 61.7 Å². The van der Waals surface area contributed by atoms with Crippen molar-refractivity contribution in [2.75, 3.05) is 142 Å². The van der Waals surface area contributed by atoms with Crippen LogP contribution in [0.4, 0.5) is 17.1 Å². The summed E-state index contributed by atoms with van der Waals surface area (Å²) in [6.07, 6.45) is 3.43. The molecule has 19 nitrogen and oxygen atoms in total. The van der Waals surface area contributed by atoms with E-state index < -0.39 is 0 Å². The lowest BCUT2D eigenvalue weighted by molar-refractivity contribution is -0.0869. The highest BCUT2D eigenvalue weighted by molar-refractivity contribution is 7.78. The highest BCUT2D eigenvalue weighted by Crippen LogP contribution is 2.49. The van der Waals surface area contributed by atoms with Gasteiger partial charge in [-0.15, -0.1) is 0 Å². The minimum atomic E-state index is -0.331. The number of para-hydroxylation sites is 2. The van der Waals surface area contributed by atoms with Crippen LogP contribution in [-0.4, -0.2) is 160 Å². The van der Waals surface area contributed by atoms with Crippen molar-refractivity contribution >= 4 is 57.3 Å². The molecule has 6 aromatic carbocycles. The van der Waals surface area contributed by atoms with E-state index in [0.29, 0.717) is 139 Å². The molecule has 4 heterocycles. The molecule has 0 bridgehead atoms. The van der Waals surface area contributed by atoms with Gasteiger partial charge in [0.15, 0.2) is 0 Å². The molecule has 0 radical (unpaired) electrons. The second-order valence-corrected chi connectivity index (χ2v) is 20.8. The maximum atomic E-state index is 6.20. The van der Waals surface area contributed by atoms with Crippen LogP contribution in [-0.2, 0) is 61.1 Å². The van der Waals surface area contributed by atoms with Gasteiger partial charge in [0.2, 0.25) is 0 Å². The molecule has 4 atom stereocenters. The Kier molecular flexibility index (Phi) is 24.5. The number of thiocarbonyl (C=S) groups is 1. The van der Waals surface area contributed by atoms with Gasteiger partial charge in [0.25, 0.3) is 0 Å².